The number of hydrogen-bond acceptors (Lipinski definition) is 3. The summed E-state index contributed by atoms with van der Waals surface area (Å²) in [5.41, 5.74) is 0.402. The molecule has 0 saturated heterocycles. The molecule has 0 bridgehead atoms. The SMILES string of the molecule is Cc1nc(Cl)cc(NC2CC2c2cccc(F)c2F)n1. The van der Waals surface area contributed by atoms with Crippen molar-refractivity contribution in [3.63, 3.8) is 0 Å². The number of nitrogens with zero attached hydrogens (tertiary/aromatic N) is 2. The summed E-state index contributed by atoms with van der Waals surface area (Å²) in [7, 11) is 0. The van der Waals surface area contributed by atoms with Crippen molar-refractivity contribution in [1.29, 1.82) is 0 Å². The first-order chi connectivity index (χ1) is 9.54. The van der Waals surface area contributed by atoms with Crippen LogP contribution in [0.3, 0.4) is 0 Å². The molecule has 2 atom stereocenters. The van der Waals surface area contributed by atoms with E-state index in [0.717, 1.165) is 12.5 Å². The molecule has 1 saturated carbocycles. The number of anilines is 1. The normalized spacial score (nSPS) is 20.8. The van der Waals surface area contributed by atoms with E-state index in [4.69, 9.17) is 11.6 Å². The Bertz CT molecular complexity index is 643. The second-order valence-corrected chi connectivity index (χ2v) is 5.25. The van der Waals surface area contributed by atoms with E-state index >= 15 is 0 Å². The molecule has 0 amide bonds. The van der Waals surface area contributed by atoms with Gasteiger partial charge in [0, 0.05) is 18.0 Å². The van der Waals surface area contributed by atoms with Gasteiger partial charge in [-0.1, -0.05) is 23.7 Å². The first-order valence-electron chi connectivity index (χ1n) is 6.26. The maximum atomic E-state index is 13.7. The maximum Gasteiger partial charge on any atom is 0.162 e. The zero-order valence-corrected chi connectivity index (χ0v) is 11.5. The average Bonchev–Trinajstić information content (AvgIpc) is 3.10. The highest BCUT2D eigenvalue weighted by Gasteiger charge is 2.40. The van der Waals surface area contributed by atoms with Gasteiger partial charge < -0.3 is 5.32 Å². The highest BCUT2D eigenvalue weighted by molar-refractivity contribution is 6.29. The Hall–Kier alpha value is -1.75. The number of hydrogen-bond donors (Lipinski definition) is 1. The van der Waals surface area contributed by atoms with Gasteiger partial charge in [-0.25, -0.2) is 18.7 Å². The number of nitrogens with one attached hydrogen (secondary N) is 1. The number of benzene rings is 1. The highest BCUT2D eigenvalue weighted by Crippen LogP contribution is 2.44. The minimum Gasteiger partial charge on any atom is -0.367 e. The van der Waals surface area contributed by atoms with Gasteiger partial charge in [0.2, 0.25) is 0 Å². The molecule has 104 valence electrons. The lowest BCUT2D eigenvalue weighted by Crippen LogP contribution is -2.08. The van der Waals surface area contributed by atoms with E-state index in [2.05, 4.69) is 15.3 Å². The number of aryl methyl sites for hydroxylation is 1. The fourth-order valence-corrected chi connectivity index (χ4v) is 2.53. The average molecular weight is 296 g/mol. The molecule has 1 heterocycles. The number of rotatable bonds is 3. The second-order valence-electron chi connectivity index (χ2n) is 4.86. The summed E-state index contributed by atoms with van der Waals surface area (Å²) >= 11 is 5.85. The van der Waals surface area contributed by atoms with E-state index in [0.29, 0.717) is 22.4 Å². The molecule has 1 N–H and O–H groups in total. The van der Waals surface area contributed by atoms with Crippen LogP contribution >= 0.6 is 11.6 Å². The zero-order chi connectivity index (χ0) is 14.3. The van der Waals surface area contributed by atoms with Crippen LogP contribution in [-0.4, -0.2) is 16.0 Å². The summed E-state index contributed by atoms with van der Waals surface area (Å²) in [5, 5.41) is 3.52. The van der Waals surface area contributed by atoms with Gasteiger partial charge in [0.15, 0.2) is 11.6 Å². The van der Waals surface area contributed by atoms with Crippen molar-refractivity contribution in [3.05, 3.63) is 52.4 Å². The fraction of sp³-hybridized carbons (Fsp3) is 0.286. The minimum atomic E-state index is -0.811. The molecule has 1 aromatic carbocycles. The Labute approximate surface area is 120 Å². The van der Waals surface area contributed by atoms with E-state index < -0.39 is 11.6 Å². The van der Waals surface area contributed by atoms with Crippen LogP contribution in [0.4, 0.5) is 14.6 Å². The third-order valence-corrected chi connectivity index (χ3v) is 3.50. The monoisotopic (exact) mass is 295 g/mol. The number of halogens is 3. The Balaban J connectivity index is 1.75. The lowest BCUT2D eigenvalue weighted by atomic mass is 10.1. The molecule has 3 nitrogen and oxygen atoms in total. The van der Waals surface area contributed by atoms with Crippen LogP contribution in [0.5, 0.6) is 0 Å². The molecule has 0 radical (unpaired) electrons. The van der Waals surface area contributed by atoms with E-state index in [1.54, 1.807) is 19.1 Å². The summed E-state index contributed by atoms with van der Waals surface area (Å²) in [5.74, 6) is -0.450. The molecule has 0 aliphatic heterocycles. The molecular formula is C14H12ClF2N3. The van der Waals surface area contributed by atoms with Gasteiger partial charge >= 0.3 is 0 Å². The van der Waals surface area contributed by atoms with Crippen molar-refractivity contribution < 1.29 is 8.78 Å². The molecule has 2 unspecified atom stereocenters. The lowest BCUT2D eigenvalue weighted by Gasteiger charge is -2.07. The predicted molar refractivity (Wildman–Crippen MR) is 72.9 cm³/mol. The maximum absolute atomic E-state index is 13.7. The molecular weight excluding hydrogens is 284 g/mol. The fourth-order valence-electron chi connectivity index (χ4n) is 2.30. The van der Waals surface area contributed by atoms with Crippen LogP contribution < -0.4 is 5.32 Å². The molecule has 2 aromatic rings. The molecule has 6 heteroatoms. The Kier molecular flexibility index (Phi) is 3.30. The Morgan fingerprint density at radius 3 is 2.85 bits per heavy atom. The van der Waals surface area contributed by atoms with Crippen LogP contribution in [0.15, 0.2) is 24.3 Å². The predicted octanol–water partition coefficient (Wildman–Crippen LogP) is 3.68. The smallest absolute Gasteiger partial charge is 0.162 e. The van der Waals surface area contributed by atoms with Crippen molar-refractivity contribution in [3.8, 4) is 0 Å². The highest BCUT2D eigenvalue weighted by atomic mass is 35.5. The first kappa shape index (κ1) is 13.2. The van der Waals surface area contributed by atoms with Crippen LogP contribution in [0, 0.1) is 18.6 Å². The summed E-state index contributed by atoms with van der Waals surface area (Å²) in [6.45, 7) is 1.74. The van der Waals surface area contributed by atoms with Crippen LogP contribution in [0.2, 0.25) is 5.15 Å². The second kappa shape index (κ2) is 4.98. The summed E-state index contributed by atoms with van der Waals surface area (Å²) in [6, 6.07) is 5.91. The molecule has 1 aliphatic rings. The zero-order valence-electron chi connectivity index (χ0n) is 10.7. The van der Waals surface area contributed by atoms with Gasteiger partial charge in [-0.05, 0) is 25.0 Å². The largest absolute Gasteiger partial charge is 0.367 e. The van der Waals surface area contributed by atoms with Crippen molar-refractivity contribution >= 4 is 17.4 Å². The summed E-state index contributed by atoms with van der Waals surface area (Å²) in [6.07, 6.45) is 0.737. The Morgan fingerprint density at radius 1 is 1.30 bits per heavy atom. The van der Waals surface area contributed by atoms with Crippen LogP contribution in [0.1, 0.15) is 23.7 Å². The Morgan fingerprint density at radius 2 is 2.10 bits per heavy atom. The lowest BCUT2D eigenvalue weighted by molar-refractivity contribution is 0.499. The van der Waals surface area contributed by atoms with Gasteiger partial charge in [-0.3, -0.25) is 0 Å². The topological polar surface area (TPSA) is 37.8 Å². The van der Waals surface area contributed by atoms with Crippen molar-refractivity contribution in [1.82, 2.24) is 9.97 Å². The molecule has 1 aromatic heterocycles. The van der Waals surface area contributed by atoms with Gasteiger partial charge in [0.05, 0.1) is 0 Å². The minimum absolute atomic E-state index is 0.0386. The van der Waals surface area contributed by atoms with Gasteiger partial charge in [0.1, 0.15) is 16.8 Å². The third-order valence-electron chi connectivity index (χ3n) is 3.31. The van der Waals surface area contributed by atoms with Crippen LogP contribution in [-0.2, 0) is 0 Å². The standard InChI is InChI=1S/C14H12ClF2N3/c1-7-18-12(15)6-13(19-7)20-11-5-9(11)8-3-2-4-10(16)14(8)17/h2-4,6,9,11H,5H2,1H3,(H,18,19,20). The molecule has 1 fully saturated rings. The van der Waals surface area contributed by atoms with Gasteiger partial charge in [-0.2, -0.15) is 0 Å². The molecule has 0 spiro atoms. The van der Waals surface area contributed by atoms with Gasteiger partial charge in [-0.15, -0.1) is 0 Å². The molecule has 3 rings (SSSR count). The van der Waals surface area contributed by atoms with Crippen molar-refractivity contribution in [2.24, 2.45) is 0 Å². The van der Waals surface area contributed by atoms with E-state index in [1.165, 1.54) is 6.07 Å². The van der Waals surface area contributed by atoms with Crippen molar-refractivity contribution in [2.45, 2.75) is 25.3 Å². The van der Waals surface area contributed by atoms with E-state index in [1.807, 2.05) is 0 Å². The van der Waals surface area contributed by atoms with Gasteiger partial charge in [0.25, 0.3) is 0 Å². The number of aromatic nitrogens is 2. The van der Waals surface area contributed by atoms with E-state index in [9.17, 15) is 8.78 Å². The molecule has 20 heavy (non-hydrogen) atoms. The quantitative estimate of drug-likeness (QED) is 0.878. The van der Waals surface area contributed by atoms with Crippen molar-refractivity contribution in [2.75, 3.05) is 5.32 Å². The first-order valence-corrected chi connectivity index (χ1v) is 6.64. The molecule has 1 aliphatic carbocycles. The van der Waals surface area contributed by atoms with Crippen LogP contribution in [0.25, 0.3) is 0 Å². The van der Waals surface area contributed by atoms with E-state index in [-0.39, 0.29) is 12.0 Å². The summed E-state index contributed by atoms with van der Waals surface area (Å²) in [4.78, 5) is 8.18. The summed E-state index contributed by atoms with van der Waals surface area (Å²) < 4.78 is 26.9. The third kappa shape index (κ3) is 2.58.